The molecule has 0 saturated carbocycles. The van der Waals surface area contributed by atoms with Crippen LogP contribution in [0.2, 0.25) is 0 Å². The first-order chi connectivity index (χ1) is 13.0. The number of nitrogens with one attached hydrogen (secondary N) is 2. The Labute approximate surface area is 154 Å². The van der Waals surface area contributed by atoms with Crippen molar-refractivity contribution >= 4 is 34.9 Å². The monoisotopic (exact) mass is 364 g/mol. The largest absolute Gasteiger partial charge is 0.478 e. The number of benzene rings is 2. The fourth-order valence-electron chi connectivity index (χ4n) is 2.29. The van der Waals surface area contributed by atoms with E-state index < -0.39 is 11.9 Å². The summed E-state index contributed by atoms with van der Waals surface area (Å²) in [4.78, 5) is 30.6. The molecule has 136 valence electrons. The maximum Gasteiger partial charge on any atom is 0.337 e. The summed E-state index contributed by atoms with van der Waals surface area (Å²) < 4.78 is 4.67. The van der Waals surface area contributed by atoms with Gasteiger partial charge in [0, 0.05) is 17.4 Å². The average Bonchev–Trinajstić information content (AvgIpc) is 2.68. The lowest BCUT2D eigenvalue weighted by molar-refractivity contribution is 0.0600. The van der Waals surface area contributed by atoms with Crippen LogP contribution in [0.5, 0.6) is 0 Å². The molecule has 0 aliphatic rings. The number of hydrogen-bond acceptors (Lipinski definition) is 7. The van der Waals surface area contributed by atoms with Crippen LogP contribution in [0.4, 0.5) is 23.0 Å². The van der Waals surface area contributed by atoms with Crippen LogP contribution in [0.15, 0.2) is 60.9 Å². The van der Waals surface area contributed by atoms with E-state index in [2.05, 4.69) is 25.3 Å². The van der Waals surface area contributed by atoms with Crippen molar-refractivity contribution in [1.29, 1.82) is 0 Å². The average molecular weight is 364 g/mol. The molecule has 0 bridgehead atoms. The molecule has 0 amide bonds. The summed E-state index contributed by atoms with van der Waals surface area (Å²) in [5.41, 5.74) is 2.11. The number of methoxy groups -OCH3 is 1. The Morgan fingerprint density at radius 3 is 1.78 bits per heavy atom. The van der Waals surface area contributed by atoms with Gasteiger partial charge in [0.25, 0.3) is 0 Å². The molecule has 0 saturated heterocycles. The number of aromatic nitrogens is 2. The number of anilines is 4. The normalized spacial score (nSPS) is 10.1. The Kier molecular flexibility index (Phi) is 5.27. The fraction of sp³-hybridized carbons (Fsp3) is 0.0526. The molecule has 3 rings (SSSR count). The summed E-state index contributed by atoms with van der Waals surface area (Å²) in [7, 11) is 1.33. The van der Waals surface area contributed by atoms with Gasteiger partial charge in [0.05, 0.1) is 18.2 Å². The van der Waals surface area contributed by atoms with Gasteiger partial charge in [-0.25, -0.2) is 19.6 Å². The van der Waals surface area contributed by atoms with E-state index in [4.69, 9.17) is 5.11 Å². The number of aromatic carboxylic acids is 1. The highest BCUT2D eigenvalue weighted by Crippen LogP contribution is 2.20. The van der Waals surface area contributed by atoms with Gasteiger partial charge in [-0.2, -0.15) is 0 Å². The zero-order valence-corrected chi connectivity index (χ0v) is 14.3. The SMILES string of the molecule is COC(=O)c1ccc(Nc2cc(Nc3ccc(C(=O)O)cc3)ncn2)cc1. The third kappa shape index (κ3) is 4.57. The minimum atomic E-state index is -0.978. The molecule has 2 aromatic carbocycles. The highest BCUT2D eigenvalue weighted by atomic mass is 16.5. The van der Waals surface area contributed by atoms with Crippen LogP contribution in [0, 0.1) is 0 Å². The number of carbonyl (C=O) groups excluding carboxylic acids is 1. The summed E-state index contributed by atoms with van der Waals surface area (Å²) in [6, 6.07) is 14.8. The van der Waals surface area contributed by atoms with E-state index in [0.29, 0.717) is 22.9 Å². The lowest BCUT2D eigenvalue weighted by Crippen LogP contribution is -2.02. The molecule has 0 spiro atoms. The zero-order chi connectivity index (χ0) is 19.2. The second-order valence-electron chi connectivity index (χ2n) is 5.49. The number of carbonyl (C=O) groups is 2. The van der Waals surface area contributed by atoms with Crippen molar-refractivity contribution < 1.29 is 19.4 Å². The van der Waals surface area contributed by atoms with E-state index in [9.17, 15) is 9.59 Å². The van der Waals surface area contributed by atoms with Crippen LogP contribution in [-0.2, 0) is 4.74 Å². The molecule has 8 nitrogen and oxygen atoms in total. The van der Waals surface area contributed by atoms with Crippen molar-refractivity contribution in [2.75, 3.05) is 17.7 Å². The van der Waals surface area contributed by atoms with E-state index in [1.54, 1.807) is 42.5 Å². The van der Waals surface area contributed by atoms with Gasteiger partial charge in [-0.1, -0.05) is 0 Å². The molecule has 0 aliphatic heterocycles. The summed E-state index contributed by atoms with van der Waals surface area (Å²) >= 11 is 0. The van der Waals surface area contributed by atoms with Gasteiger partial charge in [0.2, 0.25) is 0 Å². The topological polar surface area (TPSA) is 113 Å². The second kappa shape index (κ2) is 7.96. The number of carboxylic acid groups (broad SMARTS) is 1. The zero-order valence-electron chi connectivity index (χ0n) is 14.3. The lowest BCUT2D eigenvalue weighted by atomic mass is 10.2. The van der Waals surface area contributed by atoms with Crippen molar-refractivity contribution in [3.05, 3.63) is 72.1 Å². The second-order valence-corrected chi connectivity index (χ2v) is 5.49. The molecule has 0 fully saturated rings. The minimum Gasteiger partial charge on any atom is -0.478 e. The molecule has 3 aromatic rings. The number of hydrogen-bond donors (Lipinski definition) is 3. The minimum absolute atomic E-state index is 0.209. The van der Waals surface area contributed by atoms with Crippen molar-refractivity contribution in [3.8, 4) is 0 Å². The third-order valence-corrected chi connectivity index (χ3v) is 3.65. The molecule has 8 heteroatoms. The van der Waals surface area contributed by atoms with Gasteiger partial charge in [-0.05, 0) is 48.5 Å². The van der Waals surface area contributed by atoms with Crippen LogP contribution in [0.25, 0.3) is 0 Å². The van der Waals surface area contributed by atoms with Crippen LogP contribution >= 0.6 is 0 Å². The van der Waals surface area contributed by atoms with Gasteiger partial charge < -0.3 is 20.5 Å². The van der Waals surface area contributed by atoms with Crippen LogP contribution in [0.3, 0.4) is 0 Å². The first kappa shape index (κ1) is 17.9. The summed E-state index contributed by atoms with van der Waals surface area (Å²) in [5.74, 6) is -0.278. The molecule has 1 aromatic heterocycles. The Bertz CT molecular complexity index is 956. The van der Waals surface area contributed by atoms with Crippen molar-refractivity contribution in [2.24, 2.45) is 0 Å². The van der Waals surface area contributed by atoms with Crippen LogP contribution in [-0.4, -0.2) is 34.1 Å². The van der Waals surface area contributed by atoms with E-state index in [-0.39, 0.29) is 5.56 Å². The van der Waals surface area contributed by atoms with E-state index in [0.717, 1.165) is 5.69 Å². The fourth-order valence-corrected chi connectivity index (χ4v) is 2.29. The summed E-state index contributed by atoms with van der Waals surface area (Å²) in [5, 5.41) is 15.1. The maximum absolute atomic E-state index is 11.5. The Balaban J connectivity index is 1.70. The van der Waals surface area contributed by atoms with E-state index in [1.165, 1.54) is 25.6 Å². The summed E-state index contributed by atoms with van der Waals surface area (Å²) in [6.07, 6.45) is 1.40. The molecule has 0 atom stereocenters. The van der Waals surface area contributed by atoms with Gasteiger partial charge in [-0.15, -0.1) is 0 Å². The maximum atomic E-state index is 11.5. The Morgan fingerprint density at radius 2 is 1.33 bits per heavy atom. The first-order valence-corrected chi connectivity index (χ1v) is 7.93. The quantitative estimate of drug-likeness (QED) is 0.570. The summed E-state index contributed by atoms with van der Waals surface area (Å²) in [6.45, 7) is 0. The van der Waals surface area contributed by atoms with Gasteiger partial charge in [-0.3, -0.25) is 0 Å². The molecule has 27 heavy (non-hydrogen) atoms. The number of carboxylic acids is 1. The third-order valence-electron chi connectivity index (χ3n) is 3.65. The standard InChI is InChI=1S/C19H16N4O4/c1-27-19(26)13-4-8-15(9-5-13)23-17-10-16(20-11-21-17)22-14-6-2-12(3-7-14)18(24)25/h2-11H,1H3,(H,24,25)(H2,20,21,22,23). The van der Waals surface area contributed by atoms with Gasteiger partial charge in [0.1, 0.15) is 18.0 Å². The first-order valence-electron chi connectivity index (χ1n) is 7.93. The van der Waals surface area contributed by atoms with Gasteiger partial charge in [0.15, 0.2) is 0 Å². The highest BCUT2D eigenvalue weighted by Gasteiger charge is 2.06. The predicted molar refractivity (Wildman–Crippen MR) is 99.8 cm³/mol. The smallest absolute Gasteiger partial charge is 0.337 e. The van der Waals surface area contributed by atoms with Crippen LogP contribution in [0.1, 0.15) is 20.7 Å². The predicted octanol–water partition coefficient (Wildman–Crippen LogP) is 3.45. The molecule has 0 unspecified atom stereocenters. The number of rotatable bonds is 6. The Morgan fingerprint density at radius 1 is 0.852 bits per heavy atom. The van der Waals surface area contributed by atoms with Crippen molar-refractivity contribution in [2.45, 2.75) is 0 Å². The Hall–Kier alpha value is -3.94. The van der Waals surface area contributed by atoms with Crippen LogP contribution < -0.4 is 10.6 Å². The number of ether oxygens (including phenoxy) is 1. The number of nitrogens with zero attached hydrogens (tertiary/aromatic N) is 2. The van der Waals surface area contributed by atoms with Crippen molar-refractivity contribution in [3.63, 3.8) is 0 Å². The molecular formula is C19H16N4O4. The number of esters is 1. The van der Waals surface area contributed by atoms with Gasteiger partial charge >= 0.3 is 11.9 Å². The lowest BCUT2D eigenvalue weighted by Gasteiger charge is -2.09. The molecule has 0 aliphatic carbocycles. The molecule has 3 N–H and O–H groups in total. The van der Waals surface area contributed by atoms with E-state index >= 15 is 0 Å². The van der Waals surface area contributed by atoms with E-state index in [1.807, 2.05) is 0 Å². The molecule has 1 heterocycles. The van der Waals surface area contributed by atoms with Crippen molar-refractivity contribution in [1.82, 2.24) is 9.97 Å². The molecular weight excluding hydrogens is 348 g/mol. The molecule has 0 radical (unpaired) electrons. The highest BCUT2D eigenvalue weighted by molar-refractivity contribution is 5.90.